The molecule has 1 aliphatic heterocycles. The van der Waals surface area contributed by atoms with E-state index in [9.17, 15) is 14.0 Å². The van der Waals surface area contributed by atoms with E-state index in [4.69, 9.17) is 0 Å². The summed E-state index contributed by atoms with van der Waals surface area (Å²) in [4.78, 5) is 24.5. The molecule has 1 heterocycles. The van der Waals surface area contributed by atoms with E-state index in [1.54, 1.807) is 18.2 Å². The van der Waals surface area contributed by atoms with Gasteiger partial charge in [-0.1, -0.05) is 60.7 Å². The van der Waals surface area contributed by atoms with Gasteiger partial charge in [0.05, 0.1) is 0 Å². The maximum atomic E-state index is 13.7. The van der Waals surface area contributed by atoms with Crippen molar-refractivity contribution in [1.82, 2.24) is 10.6 Å². The number of nitrogens with one attached hydrogen (secondary N) is 2. The van der Waals surface area contributed by atoms with Crippen molar-refractivity contribution in [3.8, 4) is 0 Å². The fourth-order valence-electron chi connectivity index (χ4n) is 4.47. The van der Waals surface area contributed by atoms with E-state index < -0.39 is 5.54 Å². The molecule has 5 heteroatoms. The first-order chi connectivity index (χ1) is 15.0. The van der Waals surface area contributed by atoms with Crippen molar-refractivity contribution in [2.24, 2.45) is 0 Å². The van der Waals surface area contributed by atoms with Crippen LogP contribution in [0.4, 0.5) is 4.39 Å². The first-order valence-electron chi connectivity index (χ1n) is 10.8. The van der Waals surface area contributed by atoms with E-state index in [0.717, 1.165) is 6.42 Å². The van der Waals surface area contributed by atoms with Gasteiger partial charge >= 0.3 is 0 Å². The van der Waals surface area contributed by atoms with Crippen LogP contribution in [-0.4, -0.2) is 23.9 Å². The average molecular weight is 419 g/mol. The van der Waals surface area contributed by atoms with Gasteiger partial charge in [-0.2, -0.15) is 0 Å². The zero-order valence-corrected chi connectivity index (χ0v) is 17.5. The highest BCUT2D eigenvalue weighted by Crippen LogP contribution is 2.32. The van der Waals surface area contributed by atoms with Gasteiger partial charge in [0.25, 0.3) is 0 Å². The van der Waals surface area contributed by atoms with E-state index in [1.807, 2.05) is 18.2 Å². The molecule has 0 aromatic heterocycles. The number of carbonyl (C=O) groups is 2. The van der Waals surface area contributed by atoms with E-state index in [1.165, 1.54) is 22.4 Å². The van der Waals surface area contributed by atoms with Crippen molar-refractivity contribution in [3.05, 3.63) is 83.7 Å². The first kappa shape index (κ1) is 21.0. The standard InChI is InChI=1S/C26H27FN2O2/c27-23-11-4-2-7-20(23)14-17-28-24(30)12-15-26(16-13-25(31)29-26)18-21-9-5-8-19-6-1-3-10-22(19)21/h1-11H,12-18H2,(H,28,30)(H,29,31)/t26-/m0/s1. The van der Waals surface area contributed by atoms with Crippen LogP contribution >= 0.6 is 0 Å². The lowest BCUT2D eigenvalue weighted by atomic mass is 9.83. The number of carbonyl (C=O) groups excluding carboxylic acids is 2. The molecule has 2 amide bonds. The van der Waals surface area contributed by atoms with Crippen LogP contribution in [0.3, 0.4) is 0 Å². The molecular weight excluding hydrogens is 391 g/mol. The summed E-state index contributed by atoms with van der Waals surface area (Å²) in [6, 6.07) is 21.1. The number of hydrogen-bond donors (Lipinski definition) is 2. The Morgan fingerprint density at radius 3 is 2.55 bits per heavy atom. The van der Waals surface area contributed by atoms with Crippen molar-refractivity contribution in [1.29, 1.82) is 0 Å². The van der Waals surface area contributed by atoms with Crippen LogP contribution in [-0.2, 0) is 22.4 Å². The minimum Gasteiger partial charge on any atom is -0.356 e. The monoisotopic (exact) mass is 418 g/mol. The summed E-state index contributed by atoms with van der Waals surface area (Å²) < 4.78 is 13.7. The smallest absolute Gasteiger partial charge is 0.220 e. The predicted molar refractivity (Wildman–Crippen MR) is 120 cm³/mol. The van der Waals surface area contributed by atoms with Crippen molar-refractivity contribution in [2.45, 2.75) is 44.1 Å². The predicted octanol–water partition coefficient (Wildman–Crippen LogP) is 4.31. The number of rotatable bonds is 8. The van der Waals surface area contributed by atoms with Gasteiger partial charge in [-0.05, 0) is 53.6 Å². The van der Waals surface area contributed by atoms with Crippen LogP contribution < -0.4 is 10.6 Å². The van der Waals surface area contributed by atoms with Gasteiger partial charge in [-0.3, -0.25) is 9.59 Å². The highest BCUT2D eigenvalue weighted by Gasteiger charge is 2.38. The molecule has 0 radical (unpaired) electrons. The summed E-state index contributed by atoms with van der Waals surface area (Å²) in [5.74, 6) is -0.283. The van der Waals surface area contributed by atoms with Gasteiger partial charge < -0.3 is 10.6 Å². The Kier molecular flexibility index (Phi) is 6.31. The lowest BCUT2D eigenvalue weighted by molar-refractivity contribution is -0.122. The molecule has 1 fully saturated rings. The summed E-state index contributed by atoms with van der Waals surface area (Å²) in [7, 11) is 0. The minimum atomic E-state index is -0.413. The molecule has 3 aromatic rings. The Labute approximate surface area is 181 Å². The Morgan fingerprint density at radius 1 is 1.00 bits per heavy atom. The lowest BCUT2D eigenvalue weighted by Crippen LogP contribution is -2.44. The Bertz CT molecular complexity index is 1090. The Morgan fingerprint density at radius 2 is 1.74 bits per heavy atom. The van der Waals surface area contributed by atoms with Gasteiger partial charge in [0.15, 0.2) is 0 Å². The fourth-order valence-corrected chi connectivity index (χ4v) is 4.47. The summed E-state index contributed by atoms with van der Waals surface area (Å²) in [6.45, 7) is 0.391. The quantitative estimate of drug-likeness (QED) is 0.573. The summed E-state index contributed by atoms with van der Waals surface area (Å²) in [5.41, 5.74) is 1.36. The van der Waals surface area contributed by atoms with Gasteiger partial charge in [0, 0.05) is 24.9 Å². The van der Waals surface area contributed by atoms with Crippen LogP contribution in [0.5, 0.6) is 0 Å². The molecule has 0 aliphatic carbocycles. The topological polar surface area (TPSA) is 58.2 Å². The van der Waals surface area contributed by atoms with E-state index >= 15 is 0 Å². The van der Waals surface area contributed by atoms with Crippen LogP contribution in [0, 0.1) is 5.82 Å². The van der Waals surface area contributed by atoms with Crippen molar-refractivity contribution in [2.75, 3.05) is 6.54 Å². The van der Waals surface area contributed by atoms with Crippen LogP contribution in [0.25, 0.3) is 10.8 Å². The third-order valence-electron chi connectivity index (χ3n) is 6.15. The normalized spacial score (nSPS) is 18.2. The van der Waals surface area contributed by atoms with Crippen molar-refractivity contribution >= 4 is 22.6 Å². The molecule has 1 aliphatic rings. The van der Waals surface area contributed by atoms with Gasteiger partial charge in [-0.25, -0.2) is 4.39 Å². The summed E-state index contributed by atoms with van der Waals surface area (Å²) >= 11 is 0. The zero-order chi connectivity index (χ0) is 21.7. The van der Waals surface area contributed by atoms with Gasteiger partial charge in [-0.15, -0.1) is 0 Å². The molecule has 4 rings (SSSR count). The van der Waals surface area contributed by atoms with Crippen molar-refractivity contribution in [3.63, 3.8) is 0 Å². The van der Waals surface area contributed by atoms with Gasteiger partial charge in [0.2, 0.25) is 11.8 Å². The molecule has 160 valence electrons. The molecule has 4 nitrogen and oxygen atoms in total. The summed E-state index contributed by atoms with van der Waals surface area (Å²) in [6.07, 6.45) is 3.26. The second-order valence-corrected chi connectivity index (χ2v) is 8.33. The third-order valence-corrected chi connectivity index (χ3v) is 6.15. The Balaban J connectivity index is 1.38. The maximum Gasteiger partial charge on any atom is 0.220 e. The summed E-state index contributed by atoms with van der Waals surface area (Å²) in [5, 5.41) is 8.39. The first-order valence-corrected chi connectivity index (χ1v) is 10.8. The molecule has 0 saturated carbocycles. The van der Waals surface area contributed by atoms with Crippen LogP contribution in [0.15, 0.2) is 66.7 Å². The highest BCUT2D eigenvalue weighted by atomic mass is 19.1. The molecule has 3 aromatic carbocycles. The molecule has 2 N–H and O–H groups in total. The molecular formula is C26H27FN2O2. The maximum absolute atomic E-state index is 13.7. The number of halogens is 1. The number of hydrogen-bond acceptors (Lipinski definition) is 2. The number of fused-ring (bicyclic) bond motifs is 1. The van der Waals surface area contributed by atoms with E-state index in [0.29, 0.717) is 44.2 Å². The SMILES string of the molecule is O=C(CC[C@@]1(Cc2cccc3ccccc23)CCC(=O)N1)NCCc1ccccc1F. The molecule has 31 heavy (non-hydrogen) atoms. The number of amides is 2. The minimum absolute atomic E-state index is 0.0418. The second kappa shape index (κ2) is 9.29. The third kappa shape index (κ3) is 5.10. The molecule has 1 saturated heterocycles. The second-order valence-electron chi connectivity index (χ2n) is 8.33. The number of benzene rings is 3. The molecule has 0 bridgehead atoms. The van der Waals surface area contributed by atoms with Crippen LogP contribution in [0.1, 0.15) is 36.8 Å². The van der Waals surface area contributed by atoms with E-state index in [2.05, 4.69) is 34.9 Å². The van der Waals surface area contributed by atoms with Crippen molar-refractivity contribution < 1.29 is 14.0 Å². The average Bonchev–Trinajstić information content (AvgIpc) is 3.14. The highest BCUT2D eigenvalue weighted by molar-refractivity contribution is 5.86. The largest absolute Gasteiger partial charge is 0.356 e. The van der Waals surface area contributed by atoms with Gasteiger partial charge in [0.1, 0.15) is 5.82 Å². The molecule has 0 spiro atoms. The molecule has 1 atom stereocenters. The zero-order valence-electron chi connectivity index (χ0n) is 17.5. The van der Waals surface area contributed by atoms with Crippen LogP contribution in [0.2, 0.25) is 0 Å². The Hall–Kier alpha value is -3.21. The van der Waals surface area contributed by atoms with E-state index in [-0.39, 0.29) is 17.6 Å². The fraction of sp³-hybridized carbons (Fsp3) is 0.308. The molecule has 0 unspecified atom stereocenters. The lowest BCUT2D eigenvalue weighted by Gasteiger charge is -2.30.